The van der Waals surface area contributed by atoms with Crippen molar-refractivity contribution in [2.75, 3.05) is 10.6 Å². The van der Waals surface area contributed by atoms with E-state index in [1.165, 1.54) is 0 Å². The van der Waals surface area contributed by atoms with Gasteiger partial charge in [0.1, 0.15) is 0 Å². The number of hydrogen-bond acceptors (Lipinski definition) is 2. The minimum absolute atomic E-state index is 0.217. The number of para-hydroxylation sites is 2. The number of anilines is 2. The molecule has 130 valence electrons. The summed E-state index contributed by atoms with van der Waals surface area (Å²) in [4.78, 5) is 25.1. The molecule has 4 nitrogen and oxygen atoms in total. The van der Waals surface area contributed by atoms with Crippen LogP contribution in [-0.4, -0.2) is 11.8 Å². The Morgan fingerprint density at radius 2 is 0.923 bits per heavy atom. The molecule has 0 unspecified atom stereocenters. The summed E-state index contributed by atoms with van der Waals surface area (Å²) in [5.41, 5.74) is 2.28. The normalized spacial score (nSPS) is 10.2. The first-order valence-corrected chi connectivity index (χ1v) is 9.93. The number of halogens is 2. The molecule has 0 saturated carbocycles. The zero-order valence-corrected chi connectivity index (χ0v) is 17.8. The van der Waals surface area contributed by atoms with E-state index in [4.69, 9.17) is 0 Å². The molecule has 3 aromatic rings. The highest BCUT2D eigenvalue weighted by atomic mass is 127. The topological polar surface area (TPSA) is 58.2 Å². The van der Waals surface area contributed by atoms with Crippen molar-refractivity contribution in [2.45, 2.75) is 0 Å². The fourth-order valence-electron chi connectivity index (χ4n) is 2.37. The Balaban J connectivity index is 1.83. The van der Waals surface area contributed by atoms with E-state index in [9.17, 15) is 9.59 Å². The molecule has 0 aliphatic rings. The second kappa shape index (κ2) is 8.63. The van der Waals surface area contributed by atoms with Crippen molar-refractivity contribution in [2.24, 2.45) is 0 Å². The van der Waals surface area contributed by atoms with E-state index in [1.54, 1.807) is 24.3 Å². The number of carbonyl (C=O) groups is 2. The molecule has 2 amide bonds. The number of hydrogen-bond donors (Lipinski definition) is 2. The van der Waals surface area contributed by atoms with E-state index in [-0.39, 0.29) is 11.8 Å². The molecule has 0 fully saturated rings. The second-order valence-electron chi connectivity index (χ2n) is 5.41. The van der Waals surface area contributed by atoms with Crippen molar-refractivity contribution in [1.82, 2.24) is 0 Å². The molecule has 2 N–H and O–H groups in total. The molecular weight excluding hydrogens is 554 g/mol. The van der Waals surface area contributed by atoms with E-state index in [0.717, 1.165) is 7.14 Å². The summed E-state index contributed by atoms with van der Waals surface area (Å²) in [7, 11) is 0. The van der Waals surface area contributed by atoms with Crippen molar-refractivity contribution in [1.29, 1.82) is 0 Å². The van der Waals surface area contributed by atoms with Gasteiger partial charge >= 0.3 is 0 Å². The van der Waals surface area contributed by atoms with Gasteiger partial charge in [0.2, 0.25) is 0 Å². The summed E-state index contributed by atoms with van der Waals surface area (Å²) in [5, 5.41) is 5.76. The first kappa shape index (κ1) is 18.8. The summed E-state index contributed by atoms with van der Waals surface area (Å²) in [5.74, 6) is -0.433. The van der Waals surface area contributed by atoms with Gasteiger partial charge in [-0.05, 0) is 81.6 Å². The van der Waals surface area contributed by atoms with Crippen LogP contribution in [0.2, 0.25) is 0 Å². The maximum Gasteiger partial charge on any atom is 0.256 e. The third-order valence-electron chi connectivity index (χ3n) is 3.66. The predicted molar refractivity (Wildman–Crippen MR) is 121 cm³/mol. The lowest BCUT2D eigenvalue weighted by Gasteiger charge is -2.13. The van der Waals surface area contributed by atoms with Crippen LogP contribution < -0.4 is 10.6 Å². The maximum absolute atomic E-state index is 12.6. The van der Waals surface area contributed by atoms with Crippen LogP contribution in [0.25, 0.3) is 0 Å². The van der Waals surface area contributed by atoms with Crippen molar-refractivity contribution in [3.8, 4) is 0 Å². The highest BCUT2D eigenvalue weighted by Crippen LogP contribution is 2.24. The van der Waals surface area contributed by atoms with Crippen LogP contribution in [0.1, 0.15) is 20.7 Å². The lowest BCUT2D eigenvalue weighted by Crippen LogP contribution is -2.18. The highest BCUT2D eigenvalue weighted by molar-refractivity contribution is 14.1. The molecule has 0 atom stereocenters. The summed E-state index contributed by atoms with van der Waals surface area (Å²) in [6, 6.07) is 21.8. The monoisotopic (exact) mass is 568 g/mol. The smallest absolute Gasteiger partial charge is 0.256 e. The minimum atomic E-state index is -0.217. The predicted octanol–water partition coefficient (Wildman–Crippen LogP) is 5.40. The molecule has 3 aromatic carbocycles. The zero-order valence-electron chi connectivity index (χ0n) is 13.5. The fourth-order valence-corrected chi connectivity index (χ4v) is 3.64. The van der Waals surface area contributed by atoms with Gasteiger partial charge in [-0.3, -0.25) is 9.59 Å². The quantitative estimate of drug-likeness (QED) is 0.415. The van der Waals surface area contributed by atoms with Crippen LogP contribution in [0.3, 0.4) is 0 Å². The molecule has 0 aliphatic heterocycles. The number of nitrogens with one attached hydrogen (secondary N) is 2. The van der Waals surface area contributed by atoms with Crippen LogP contribution in [0, 0.1) is 7.14 Å². The van der Waals surface area contributed by atoms with Crippen molar-refractivity contribution < 1.29 is 9.59 Å². The average Bonchev–Trinajstić information content (AvgIpc) is 2.64. The number of rotatable bonds is 4. The standard InChI is InChI=1S/C20H14I2N2O2/c21-15-9-3-1-7-13(15)19(25)23-17-11-5-6-12-18(17)24-20(26)14-8-2-4-10-16(14)22/h1-12H,(H,23,25)(H,24,26). The summed E-state index contributed by atoms with van der Waals surface area (Å²) < 4.78 is 1.73. The van der Waals surface area contributed by atoms with Gasteiger partial charge in [-0.15, -0.1) is 0 Å². The molecule has 0 aromatic heterocycles. The Hall–Kier alpha value is -1.94. The van der Waals surface area contributed by atoms with Gasteiger partial charge in [-0.2, -0.15) is 0 Å². The first-order chi connectivity index (χ1) is 12.6. The number of benzene rings is 3. The van der Waals surface area contributed by atoms with Gasteiger partial charge in [0.05, 0.1) is 22.5 Å². The van der Waals surface area contributed by atoms with Gasteiger partial charge in [-0.1, -0.05) is 36.4 Å². The van der Waals surface area contributed by atoms with E-state index < -0.39 is 0 Å². The molecule has 0 spiro atoms. The Morgan fingerprint density at radius 3 is 1.31 bits per heavy atom. The maximum atomic E-state index is 12.6. The number of amides is 2. The van der Waals surface area contributed by atoms with E-state index in [2.05, 4.69) is 55.8 Å². The zero-order chi connectivity index (χ0) is 18.5. The van der Waals surface area contributed by atoms with Crippen molar-refractivity contribution in [3.05, 3.63) is 91.1 Å². The molecule has 26 heavy (non-hydrogen) atoms. The third kappa shape index (κ3) is 4.42. The molecule has 0 aliphatic carbocycles. The van der Waals surface area contributed by atoms with Gasteiger partial charge in [0, 0.05) is 7.14 Å². The first-order valence-electron chi connectivity index (χ1n) is 7.77. The SMILES string of the molecule is O=C(Nc1ccccc1NC(=O)c1ccccc1I)c1ccccc1I. The van der Waals surface area contributed by atoms with Crippen LogP contribution in [-0.2, 0) is 0 Å². The van der Waals surface area contributed by atoms with Crippen LogP contribution in [0.4, 0.5) is 11.4 Å². The summed E-state index contributed by atoms with van der Waals surface area (Å²) in [6.45, 7) is 0. The van der Waals surface area contributed by atoms with Crippen molar-refractivity contribution in [3.63, 3.8) is 0 Å². The molecule has 6 heteroatoms. The second-order valence-corrected chi connectivity index (χ2v) is 7.74. The lowest BCUT2D eigenvalue weighted by atomic mass is 10.2. The molecule has 3 rings (SSSR count). The number of carbonyl (C=O) groups excluding carboxylic acids is 2. The highest BCUT2D eigenvalue weighted by Gasteiger charge is 2.14. The Morgan fingerprint density at radius 1 is 0.577 bits per heavy atom. The molecule has 0 radical (unpaired) electrons. The van der Waals surface area contributed by atoms with Crippen LogP contribution in [0.5, 0.6) is 0 Å². The lowest BCUT2D eigenvalue weighted by molar-refractivity contribution is 0.101. The van der Waals surface area contributed by atoms with Crippen LogP contribution in [0.15, 0.2) is 72.8 Å². The van der Waals surface area contributed by atoms with Gasteiger partial charge in [0.15, 0.2) is 0 Å². The Bertz CT molecular complexity index is 895. The van der Waals surface area contributed by atoms with E-state index in [0.29, 0.717) is 22.5 Å². The van der Waals surface area contributed by atoms with Crippen molar-refractivity contribution >= 4 is 68.4 Å². The molecule has 0 saturated heterocycles. The molecular formula is C20H14I2N2O2. The Labute approximate surface area is 178 Å². The summed E-state index contributed by atoms with van der Waals surface area (Å²) >= 11 is 4.25. The molecule has 0 bridgehead atoms. The fraction of sp³-hybridized carbons (Fsp3) is 0. The average molecular weight is 568 g/mol. The van der Waals surface area contributed by atoms with Gasteiger partial charge in [-0.25, -0.2) is 0 Å². The largest absolute Gasteiger partial charge is 0.320 e. The van der Waals surface area contributed by atoms with Crippen LogP contribution >= 0.6 is 45.2 Å². The summed E-state index contributed by atoms with van der Waals surface area (Å²) in [6.07, 6.45) is 0. The van der Waals surface area contributed by atoms with E-state index in [1.807, 2.05) is 48.5 Å². The minimum Gasteiger partial charge on any atom is -0.320 e. The van der Waals surface area contributed by atoms with E-state index >= 15 is 0 Å². The third-order valence-corrected chi connectivity index (χ3v) is 5.54. The van der Waals surface area contributed by atoms with Gasteiger partial charge < -0.3 is 10.6 Å². The Kier molecular flexibility index (Phi) is 6.25. The van der Waals surface area contributed by atoms with Gasteiger partial charge in [0.25, 0.3) is 11.8 Å². The molecule has 0 heterocycles.